The molecule has 0 aliphatic rings. The molecule has 1 unspecified atom stereocenters. The van der Waals surface area contributed by atoms with E-state index in [1.165, 1.54) is 6.07 Å². The van der Waals surface area contributed by atoms with Gasteiger partial charge < -0.3 is 5.32 Å². The van der Waals surface area contributed by atoms with E-state index in [2.05, 4.69) is 10.4 Å². The van der Waals surface area contributed by atoms with Crippen LogP contribution in [0.5, 0.6) is 0 Å². The summed E-state index contributed by atoms with van der Waals surface area (Å²) in [4.78, 5) is 0. The molecule has 0 bridgehead atoms. The number of hydrogen-bond donors (Lipinski definition) is 1. The maximum Gasteiger partial charge on any atom is 0.128 e. The van der Waals surface area contributed by atoms with Gasteiger partial charge in [-0.2, -0.15) is 5.10 Å². The molecular weight excluding hydrogens is 253 g/mol. The van der Waals surface area contributed by atoms with E-state index in [-0.39, 0.29) is 11.9 Å². The Bertz CT molecular complexity index is 539. The fourth-order valence-electron chi connectivity index (χ4n) is 1.94. The minimum Gasteiger partial charge on any atom is -0.309 e. The molecule has 0 radical (unpaired) electrons. The second-order valence-corrected chi connectivity index (χ2v) is 4.45. The summed E-state index contributed by atoms with van der Waals surface area (Å²) in [6.45, 7) is 2.79. The first-order chi connectivity index (χ1) is 8.65. The number of hydrogen-bond acceptors (Lipinski definition) is 2. The van der Waals surface area contributed by atoms with E-state index < -0.39 is 0 Å². The fraction of sp³-hybridized carbons (Fsp3) is 0.308. The van der Waals surface area contributed by atoms with Gasteiger partial charge in [-0.3, -0.25) is 4.68 Å². The summed E-state index contributed by atoms with van der Waals surface area (Å²) in [7, 11) is 1.79. The van der Waals surface area contributed by atoms with Gasteiger partial charge >= 0.3 is 0 Å². The van der Waals surface area contributed by atoms with Crippen LogP contribution in [0, 0.1) is 5.82 Å². The van der Waals surface area contributed by atoms with Crippen molar-refractivity contribution in [3.8, 4) is 0 Å². The highest BCUT2D eigenvalue weighted by atomic mass is 35.5. The first-order valence-electron chi connectivity index (χ1n) is 5.80. The zero-order valence-corrected chi connectivity index (χ0v) is 11.1. The van der Waals surface area contributed by atoms with Crippen LogP contribution in [0.2, 0.25) is 5.02 Å². The molecule has 0 spiro atoms. The normalized spacial score (nSPS) is 12.7. The van der Waals surface area contributed by atoms with Crippen LogP contribution in [0.1, 0.15) is 24.1 Å². The first-order valence-corrected chi connectivity index (χ1v) is 6.18. The average Bonchev–Trinajstić information content (AvgIpc) is 2.83. The summed E-state index contributed by atoms with van der Waals surface area (Å²) in [5.41, 5.74) is 1.45. The third-order valence-corrected chi connectivity index (χ3v) is 3.10. The molecule has 96 valence electrons. The number of nitrogens with one attached hydrogen (secondary N) is 1. The van der Waals surface area contributed by atoms with E-state index in [1.54, 1.807) is 25.4 Å². The molecule has 1 heterocycles. The van der Waals surface area contributed by atoms with Gasteiger partial charge in [0.25, 0.3) is 0 Å². The van der Waals surface area contributed by atoms with Gasteiger partial charge in [0.05, 0.1) is 12.2 Å². The minimum absolute atomic E-state index is 0.246. The Labute approximate surface area is 111 Å². The molecule has 0 amide bonds. The van der Waals surface area contributed by atoms with E-state index in [0.29, 0.717) is 10.6 Å². The molecule has 0 aliphatic heterocycles. The topological polar surface area (TPSA) is 29.9 Å². The van der Waals surface area contributed by atoms with E-state index in [4.69, 9.17) is 11.6 Å². The average molecular weight is 268 g/mol. The molecule has 2 aromatic rings. The van der Waals surface area contributed by atoms with E-state index >= 15 is 0 Å². The first kappa shape index (κ1) is 13.1. The number of benzene rings is 1. The Balaban J connectivity index is 2.41. The van der Waals surface area contributed by atoms with Crippen LogP contribution in [-0.2, 0) is 6.54 Å². The third-order valence-electron chi connectivity index (χ3n) is 2.87. The Morgan fingerprint density at radius 3 is 2.89 bits per heavy atom. The van der Waals surface area contributed by atoms with Gasteiger partial charge in [0.15, 0.2) is 0 Å². The van der Waals surface area contributed by atoms with Crippen LogP contribution in [0.4, 0.5) is 4.39 Å². The largest absolute Gasteiger partial charge is 0.309 e. The summed E-state index contributed by atoms with van der Waals surface area (Å²) in [5.74, 6) is -0.275. The number of rotatable bonds is 4. The highest BCUT2D eigenvalue weighted by Gasteiger charge is 2.18. The number of aryl methyl sites for hydroxylation is 1. The quantitative estimate of drug-likeness (QED) is 0.923. The lowest BCUT2D eigenvalue weighted by Crippen LogP contribution is -2.18. The number of nitrogens with zero attached hydrogens (tertiary/aromatic N) is 2. The molecular formula is C13H15ClFN3. The predicted molar refractivity (Wildman–Crippen MR) is 70.2 cm³/mol. The maximum absolute atomic E-state index is 13.9. The molecule has 1 atom stereocenters. The van der Waals surface area contributed by atoms with Crippen molar-refractivity contribution >= 4 is 11.6 Å². The Hall–Kier alpha value is -1.39. The highest BCUT2D eigenvalue weighted by Crippen LogP contribution is 2.26. The van der Waals surface area contributed by atoms with Gasteiger partial charge in [-0.1, -0.05) is 11.6 Å². The van der Waals surface area contributed by atoms with Crippen molar-refractivity contribution in [1.82, 2.24) is 15.1 Å². The van der Waals surface area contributed by atoms with Crippen LogP contribution in [0.3, 0.4) is 0 Å². The van der Waals surface area contributed by atoms with E-state index in [1.807, 2.05) is 17.8 Å². The number of aromatic nitrogens is 2. The van der Waals surface area contributed by atoms with Crippen LogP contribution < -0.4 is 5.32 Å². The Morgan fingerprint density at radius 1 is 1.50 bits per heavy atom. The molecule has 0 saturated heterocycles. The molecule has 1 N–H and O–H groups in total. The Kier molecular flexibility index (Phi) is 3.99. The smallest absolute Gasteiger partial charge is 0.128 e. The second-order valence-electron chi connectivity index (χ2n) is 4.02. The van der Waals surface area contributed by atoms with Gasteiger partial charge in [0.2, 0.25) is 0 Å². The second kappa shape index (κ2) is 5.50. The maximum atomic E-state index is 13.9. The summed E-state index contributed by atoms with van der Waals surface area (Å²) < 4.78 is 15.7. The van der Waals surface area contributed by atoms with E-state index in [9.17, 15) is 4.39 Å². The molecule has 3 nitrogen and oxygen atoms in total. The molecule has 0 fully saturated rings. The molecule has 18 heavy (non-hydrogen) atoms. The van der Waals surface area contributed by atoms with Crippen molar-refractivity contribution in [1.29, 1.82) is 0 Å². The molecule has 0 aliphatic carbocycles. The van der Waals surface area contributed by atoms with Crippen molar-refractivity contribution in [2.75, 3.05) is 7.05 Å². The molecule has 1 aromatic carbocycles. The highest BCUT2D eigenvalue weighted by molar-refractivity contribution is 6.30. The fourth-order valence-corrected chi connectivity index (χ4v) is 2.12. The third kappa shape index (κ3) is 2.54. The van der Waals surface area contributed by atoms with Crippen molar-refractivity contribution in [3.63, 3.8) is 0 Å². The molecule has 1 aromatic heterocycles. The van der Waals surface area contributed by atoms with Crippen LogP contribution >= 0.6 is 11.6 Å². The van der Waals surface area contributed by atoms with Crippen molar-refractivity contribution in [2.24, 2.45) is 0 Å². The van der Waals surface area contributed by atoms with Crippen molar-refractivity contribution in [3.05, 3.63) is 52.6 Å². The Morgan fingerprint density at radius 2 is 2.28 bits per heavy atom. The van der Waals surface area contributed by atoms with Crippen LogP contribution in [-0.4, -0.2) is 16.8 Å². The van der Waals surface area contributed by atoms with Crippen molar-refractivity contribution < 1.29 is 4.39 Å². The van der Waals surface area contributed by atoms with Gasteiger partial charge in [-0.25, -0.2) is 4.39 Å². The molecule has 5 heteroatoms. The lowest BCUT2D eigenvalue weighted by Gasteiger charge is -2.16. The lowest BCUT2D eigenvalue weighted by atomic mass is 10.0. The van der Waals surface area contributed by atoms with Gasteiger partial charge in [0, 0.05) is 28.9 Å². The van der Waals surface area contributed by atoms with Crippen LogP contribution in [0.25, 0.3) is 0 Å². The monoisotopic (exact) mass is 267 g/mol. The summed E-state index contributed by atoms with van der Waals surface area (Å²) >= 11 is 5.92. The molecule has 0 saturated carbocycles. The standard InChI is InChI=1S/C13H15ClFN3/c1-3-18-8-9(7-17-18)13(16-2)11-6-10(14)4-5-12(11)15/h4-8,13,16H,3H2,1-2H3. The van der Waals surface area contributed by atoms with Gasteiger partial charge in [-0.05, 0) is 32.2 Å². The summed E-state index contributed by atoms with van der Waals surface area (Å²) in [6.07, 6.45) is 3.65. The zero-order valence-electron chi connectivity index (χ0n) is 10.3. The minimum atomic E-state index is -0.275. The lowest BCUT2D eigenvalue weighted by molar-refractivity contribution is 0.575. The summed E-state index contributed by atoms with van der Waals surface area (Å²) in [5, 5.41) is 7.81. The number of halogens is 2. The van der Waals surface area contributed by atoms with Gasteiger partial charge in [-0.15, -0.1) is 0 Å². The zero-order chi connectivity index (χ0) is 13.1. The van der Waals surface area contributed by atoms with E-state index in [0.717, 1.165) is 12.1 Å². The SMILES string of the molecule is CCn1cc(C(NC)c2cc(Cl)ccc2F)cn1. The predicted octanol–water partition coefficient (Wildman–Crippen LogP) is 3.00. The summed E-state index contributed by atoms with van der Waals surface area (Å²) in [6, 6.07) is 4.32. The van der Waals surface area contributed by atoms with Gasteiger partial charge in [0.1, 0.15) is 5.82 Å². The van der Waals surface area contributed by atoms with Crippen LogP contribution in [0.15, 0.2) is 30.6 Å². The van der Waals surface area contributed by atoms with Crippen molar-refractivity contribution in [2.45, 2.75) is 19.5 Å². The molecule has 2 rings (SSSR count).